The molecule has 0 atom stereocenters. The van der Waals surface area contributed by atoms with Gasteiger partial charge in [0, 0.05) is 53.1 Å². The molecule has 246 valence electrons. The van der Waals surface area contributed by atoms with Crippen LogP contribution in [0, 0.1) is 0 Å². The lowest BCUT2D eigenvalue weighted by Crippen LogP contribution is -1.94. The number of fused-ring (bicyclic) bond motifs is 12. The van der Waals surface area contributed by atoms with Crippen LogP contribution in [0.1, 0.15) is 0 Å². The molecule has 3 heteroatoms. The highest BCUT2D eigenvalue weighted by molar-refractivity contribution is 7.26. The normalized spacial score (nSPS) is 12.2. The molecule has 0 spiro atoms. The highest BCUT2D eigenvalue weighted by Crippen LogP contribution is 2.45. The van der Waals surface area contributed by atoms with Crippen LogP contribution < -0.4 is 0 Å². The van der Waals surface area contributed by atoms with Crippen LogP contribution in [-0.4, -0.2) is 9.13 Å². The van der Waals surface area contributed by atoms with Gasteiger partial charge in [-0.15, -0.1) is 11.3 Å². The fourth-order valence-corrected chi connectivity index (χ4v) is 9.96. The minimum absolute atomic E-state index is 1.18. The number of benzene rings is 9. The predicted molar refractivity (Wildman–Crippen MR) is 228 cm³/mol. The molecule has 3 aromatic heterocycles. The second kappa shape index (κ2) is 10.9. The van der Waals surface area contributed by atoms with Gasteiger partial charge in [0.1, 0.15) is 0 Å². The van der Waals surface area contributed by atoms with E-state index < -0.39 is 0 Å². The molecule has 2 nitrogen and oxygen atoms in total. The molecule has 0 aliphatic carbocycles. The molecule has 53 heavy (non-hydrogen) atoms. The quantitative estimate of drug-likeness (QED) is 0.175. The first kappa shape index (κ1) is 29.0. The molecule has 12 aromatic rings. The highest BCUT2D eigenvalue weighted by atomic mass is 32.1. The molecule has 0 aliphatic rings. The van der Waals surface area contributed by atoms with Gasteiger partial charge in [-0.2, -0.15) is 0 Å². The second-order valence-corrected chi connectivity index (χ2v) is 15.2. The Morgan fingerprint density at radius 2 is 0.830 bits per heavy atom. The van der Waals surface area contributed by atoms with Crippen LogP contribution in [-0.2, 0) is 0 Å². The molecule has 0 unspecified atom stereocenters. The number of thiophene rings is 1. The van der Waals surface area contributed by atoms with Gasteiger partial charge in [0.15, 0.2) is 0 Å². The maximum absolute atomic E-state index is 2.47. The maximum atomic E-state index is 2.47. The number of rotatable bonds is 3. The SMILES string of the molecule is c1ccc2cc(-n3c4ccccc4c4cc(-c5ccc6c(c5)c5c7c(ccc5n6-c5ccc6ccccc6c5)sc5ccccc57)ccc43)ccc2c1. The number of hydrogen-bond donors (Lipinski definition) is 0. The summed E-state index contributed by atoms with van der Waals surface area (Å²) in [5, 5.41) is 12.8. The molecule has 0 aliphatic heterocycles. The minimum atomic E-state index is 1.18. The largest absolute Gasteiger partial charge is 0.309 e. The molecular weight excluding hydrogens is 661 g/mol. The molecular formula is C50H30N2S. The molecule has 12 rings (SSSR count). The van der Waals surface area contributed by atoms with Gasteiger partial charge in [0.2, 0.25) is 0 Å². The van der Waals surface area contributed by atoms with Crippen LogP contribution >= 0.6 is 11.3 Å². The summed E-state index contributed by atoms with van der Waals surface area (Å²) < 4.78 is 7.53. The maximum Gasteiger partial charge on any atom is 0.0548 e. The zero-order valence-corrected chi connectivity index (χ0v) is 29.4. The van der Waals surface area contributed by atoms with Crippen LogP contribution in [0.5, 0.6) is 0 Å². The summed E-state index contributed by atoms with van der Waals surface area (Å²) in [6.07, 6.45) is 0. The lowest BCUT2D eigenvalue weighted by atomic mass is 9.99. The molecule has 9 aromatic carbocycles. The summed E-state index contributed by atoms with van der Waals surface area (Å²) in [4.78, 5) is 0. The van der Waals surface area contributed by atoms with E-state index in [0.29, 0.717) is 0 Å². The highest BCUT2D eigenvalue weighted by Gasteiger charge is 2.20. The van der Waals surface area contributed by atoms with Gasteiger partial charge in [-0.25, -0.2) is 0 Å². The van der Waals surface area contributed by atoms with Crippen molar-refractivity contribution in [3.05, 3.63) is 182 Å². The lowest BCUT2D eigenvalue weighted by molar-refractivity contribution is 1.19. The fraction of sp³-hybridized carbons (Fsp3) is 0. The Morgan fingerprint density at radius 3 is 1.55 bits per heavy atom. The van der Waals surface area contributed by atoms with Crippen LogP contribution in [0.3, 0.4) is 0 Å². The second-order valence-electron chi connectivity index (χ2n) is 14.1. The Kier molecular flexibility index (Phi) is 5.96. The van der Waals surface area contributed by atoms with Crippen molar-refractivity contribution in [3.8, 4) is 22.5 Å². The van der Waals surface area contributed by atoms with E-state index in [4.69, 9.17) is 0 Å². The van der Waals surface area contributed by atoms with Gasteiger partial charge in [0.05, 0.1) is 22.1 Å². The van der Waals surface area contributed by atoms with E-state index >= 15 is 0 Å². The third kappa shape index (κ3) is 4.20. The van der Waals surface area contributed by atoms with E-state index in [2.05, 4.69) is 191 Å². The first-order valence-electron chi connectivity index (χ1n) is 18.2. The van der Waals surface area contributed by atoms with Crippen molar-refractivity contribution in [2.75, 3.05) is 0 Å². The Labute approximate surface area is 309 Å². The third-order valence-electron chi connectivity index (χ3n) is 11.3. The zero-order valence-electron chi connectivity index (χ0n) is 28.6. The van der Waals surface area contributed by atoms with Crippen molar-refractivity contribution in [3.63, 3.8) is 0 Å². The monoisotopic (exact) mass is 690 g/mol. The van der Waals surface area contributed by atoms with Gasteiger partial charge in [0.25, 0.3) is 0 Å². The third-order valence-corrected chi connectivity index (χ3v) is 12.4. The standard InChI is InChI=1S/C50H30N2S/c1-3-11-33-27-37(21-17-31(33)9-1)51-43-15-7-5-13-39(43)41-29-35(19-23-44(41)51)36-20-24-45-42(30-36)49-46(25-26-48-50(49)40-14-6-8-16-47(40)53-48)52(45)38-22-18-32-10-2-4-12-34(32)28-38/h1-30H. The number of aromatic nitrogens is 2. The molecule has 0 fully saturated rings. The fourth-order valence-electron chi connectivity index (χ4n) is 8.85. The Morgan fingerprint density at radius 1 is 0.302 bits per heavy atom. The van der Waals surface area contributed by atoms with Crippen LogP contribution in [0.4, 0.5) is 0 Å². The van der Waals surface area contributed by atoms with Crippen LogP contribution in [0.15, 0.2) is 182 Å². The Balaban J connectivity index is 1.12. The molecule has 0 N–H and O–H groups in total. The van der Waals surface area contributed by atoms with Gasteiger partial charge >= 0.3 is 0 Å². The summed E-state index contributed by atoms with van der Waals surface area (Å²) in [5.74, 6) is 0. The first-order valence-corrected chi connectivity index (χ1v) is 19.0. The van der Waals surface area contributed by atoms with E-state index in [0.717, 1.165) is 0 Å². The van der Waals surface area contributed by atoms with E-state index in [1.165, 1.54) is 108 Å². The lowest BCUT2D eigenvalue weighted by Gasteiger charge is -2.10. The van der Waals surface area contributed by atoms with Crippen molar-refractivity contribution in [1.82, 2.24) is 9.13 Å². The topological polar surface area (TPSA) is 9.86 Å². The number of nitrogens with zero attached hydrogens (tertiary/aromatic N) is 2. The molecule has 0 bridgehead atoms. The molecule has 0 saturated carbocycles. The van der Waals surface area contributed by atoms with E-state index in [-0.39, 0.29) is 0 Å². The molecule has 0 amide bonds. The van der Waals surface area contributed by atoms with Gasteiger partial charge in [-0.05, 0) is 105 Å². The van der Waals surface area contributed by atoms with Gasteiger partial charge in [-0.3, -0.25) is 0 Å². The van der Waals surface area contributed by atoms with Gasteiger partial charge < -0.3 is 9.13 Å². The van der Waals surface area contributed by atoms with Crippen molar-refractivity contribution in [2.24, 2.45) is 0 Å². The number of para-hydroxylation sites is 1. The Bertz CT molecular complexity index is 3470. The molecule has 0 radical (unpaired) electrons. The van der Waals surface area contributed by atoms with E-state index in [1.807, 2.05) is 11.3 Å². The van der Waals surface area contributed by atoms with Crippen molar-refractivity contribution >= 4 is 96.7 Å². The average Bonchev–Trinajstić information content (AvgIpc) is 3.87. The smallest absolute Gasteiger partial charge is 0.0548 e. The summed E-state index contributed by atoms with van der Waals surface area (Å²) in [6, 6.07) is 67.3. The van der Waals surface area contributed by atoms with E-state index in [9.17, 15) is 0 Å². The van der Waals surface area contributed by atoms with Crippen molar-refractivity contribution in [1.29, 1.82) is 0 Å². The van der Waals surface area contributed by atoms with Crippen LogP contribution in [0.2, 0.25) is 0 Å². The summed E-state index contributed by atoms with van der Waals surface area (Å²) in [7, 11) is 0. The zero-order chi connectivity index (χ0) is 34.6. The first-order chi connectivity index (χ1) is 26.3. The summed E-state index contributed by atoms with van der Waals surface area (Å²) >= 11 is 1.88. The average molecular weight is 691 g/mol. The van der Waals surface area contributed by atoms with Crippen molar-refractivity contribution in [2.45, 2.75) is 0 Å². The minimum Gasteiger partial charge on any atom is -0.309 e. The summed E-state index contributed by atoms with van der Waals surface area (Å²) in [5.41, 5.74) is 9.68. The summed E-state index contributed by atoms with van der Waals surface area (Å²) in [6.45, 7) is 0. The molecule has 0 saturated heterocycles. The van der Waals surface area contributed by atoms with Crippen molar-refractivity contribution < 1.29 is 0 Å². The Hall–Kier alpha value is -6.68. The van der Waals surface area contributed by atoms with E-state index in [1.54, 1.807) is 0 Å². The van der Waals surface area contributed by atoms with Crippen LogP contribution in [0.25, 0.3) is 108 Å². The van der Waals surface area contributed by atoms with Gasteiger partial charge in [-0.1, -0.05) is 109 Å². The molecule has 3 heterocycles. The number of hydrogen-bond acceptors (Lipinski definition) is 1. The predicted octanol–water partition coefficient (Wildman–Crippen LogP) is 14.2.